The van der Waals surface area contributed by atoms with Crippen molar-refractivity contribution >= 4 is 29.2 Å². The molecule has 3 aliphatic heterocycles. The van der Waals surface area contributed by atoms with E-state index in [1.165, 1.54) is 4.68 Å². The van der Waals surface area contributed by atoms with Crippen molar-refractivity contribution in [1.29, 1.82) is 0 Å². The third-order valence-electron chi connectivity index (χ3n) is 6.93. The van der Waals surface area contributed by atoms with E-state index < -0.39 is 5.97 Å². The summed E-state index contributed by atoms with van der Waals surface area (Å²) in [6.45, 7) is 1.65. The molecule has 1 fully saturated rings. The third-order valence-corrected chi connectivity index (χ3v) is 6.93. The highest BCUT2D eigenvalue weighted by Gasteiger charge is 2.35. The number of fused-ring (bicyclic) bond motifs is 2. The summed E-state index contributed by atoms with van der Waals surface area (Å²) in [6.07, 6.45) is 3.58. The van der Waals surface area contributed by atoms with Crippen LogP contribution in [0.15, 0.2) is 42.5 Å². The van der Waals surface area contributed by atoms with E-state index in [0.717, 1.165) is 36.3 Å². The standard InChI is InChI=1S/C26H24N4O5/c31-22-3-1-2-12-28(22)17-4-6-18(7-5-17)29-13-10-20-23(26(33)34)27-30(24(20)25(29)32)19-8-9-21-16(15-19)11-14-35-21/h4-9,15H,1-3,10-14H2,(H,33,34). The average Bonchev–Trinajstić information content (AvgIpc) is 3.50. The number of hydrogen-bond acceptors (Lipinski definition) is 5. The Morgan fingerprint density at radius 2 is 1.63 bits per heavy atom. The molecule has 1 saturated heterocycles. The molecule has 0 aliphatic carbocycles. The molecule has 4 heterocycles. The maximum absolute atomic E-state index is 13.7. The second kappa shape index (κ2) is 8.26. The van der Waals surface area contributed by atoms with Gasteiger partial charge >= 0.3 is 5.97 Å². The first-order valence-electron chi connectivity index (χ1n) is 11.8. The molecule has 0 spiro atoms. The van der Waals surface area contributed by atoms with Crippen LogP contribution >= 0.6 is 0 Å². The van der Waals surface area contributed by atoms with Crippen LogP contribution in [0.25, 0.3) is 5.69 Å². The number of carboxylic acids is 1. The van der Waals surface area contributed by atoms with Crippen LogP contribution < -0.4 is 14.5 Å². The number of amides is 2. The van der Waals surface area contributed by atoms with Gasteiger partial charge in [-0.2, -0.15) is 5.10 Å². The molecule has 2 amide bonds. The zero-order chi connectivity index (χ0) is 24.1. The minimum Gasteiger partial charge on any atom is -0.493 e. The van der Waals surface area contributed by atoms with Gasteiger partial charge in [0, 0.05) is 42.9 Å². The van der Waals surface area contributed by atoms with Gasteiger partial charge in [0.25, 0.3) is 5.91 Å². The molecular weight excluding hydrogens is 448 g/mol. The highest BCUT2D eigenvalue weighted by atomic mass is 16.5. The topological polar surface area (TPSA) is 105 Å². The lowest BCUT2D eigenvalue weighted by Gasteiger charge is -2.29. The van der Waals surface area contributed by atoms with Crippen LogP contribution in [0.3, 0.4) is 0 Å². The van der Waals surface area contributed by atoms with E-state index in [9.17, 15) is 19.5 Å². The molecule has 1 N–H and O–H groups in total. The molecule has 0 saturated carbocycles. The van der Waals surface area contributed by atoms with Gasteiger partial charge in [-0.15, -0.1) is 0 Å². The van der Waals surface area contributed by atoms with Gasteiger partial charge in [0.05, 0.1) is 12.3 Å². The molecule has 3 aliphatic rings. The van der Waals surface area contributed by atoms with Crippen LogP contribution in [0.4, 0.5) is 11.4 Å². The summed E-state index contributed by atoms with van der Waals surface area (Å²) >= 11 is 0. The molecule has 0 unspecified atom stereocenters. The minimum atomic E-state index is -1.15. The van der Waals surface area contributed by atoms with E-state index in [2.05, 4.69) is 5.10 Å². The Balaban J connectivity index is 1.36. The Bertz CT molecular complexity index is 1360. The van der Waals surface area contributed by atoms with E-state index >= 15 is 0 Å². The van der Waals surface area contributed by atoms with Gasteiger partial charge in [-0.1, -0.05) is 0 Å². The van der Waals surface area contributed by atoms with Crippen molar-refractivity contribution in [2.75, 3.05) is 29.5 Å². The van der Waals surface area contributed by atoms with E-state index in [1.54, 1.807) is 15.9 Å². The van der Waals surface area contributed by atoms with Crippen LogP contribution in [0.5, 0.6) is 5.75 Å². The van der Waals surface area contributed by atoms with Gasteiger partial charge in [0.1, 0.15) is 11.4 Å². The number of carbonyl (C=O) groups excluding carboxylic acids is 2. The lowest BCUT2D eigenvalue weighted by Crippen LogP contribution is -2.39. The van der Waals surface area contributed by atoms with Crippen LogP contribution in [0, 0.1) is 0 Å². The number of rotatable bonds is 4. The summed E-state index contributed by atoms with van der Waals surface area (Å²) in [6, 6.07) is 12.9. The summed E-state index contributed by atoms with van der Waals surface area (Å²) in [5.74, 6) is -0.535. The Morgan fingerprint density at radius 1 is 0.886 bits per heavy atom. The van der Waals surface area contributed by atoms with E-state index in [0.29, 0.717) is 49.5 Å². The van der Waals surface area contributed by atoms with Crippen molar-refractivity contribution in [1.82, 2.24) is 9.78 Å². The summed E-state index contributed by atoms with van der Waals surface area (Å²) in [5.41, 5.74) is 3.78. The van der Waals surface area contributed by atoms with Gasteiger partial charge in [0.2, 0.25) is 5.91 Å². The van der Waals surface area contributed by atoms with E-state index in [4.69, 9.17) is 4.74 Å². The molecule has 0 radical (unpaired) electrons. The molecule has 9 nitrogen and oxygen atoms in total. The number of carbonyl (C=O) groups is 3. The molecule has 3 aromatic rings. The normalized spacial score (nSPS) is 17.3. The fourth-order valence-electron chi connectivity index (χ4n) is 5.16. The number of ether oxygens (including phenoxy) is 1. The SMILES string of the molecule is O=C(O)c1nn(-c2ccc3c(c2)CCO3)c2c1CCN(c1ccc(N3CCCCC3=O)cc1)C2=O. The number of hydrogen-bond donors (Lipinski definition) is 1. The summed E-state index contributed by atoms with van der Waals surface area (Å²) < 4.78 is 7.03. The molecule has 1 aromatic heterocycles. The van der Waals surface area contributed by atoms with Gasteiger partial charge in [0.15, 0.2) is 5.69 Å². The number of carboxylic acid groups (broad SMARTS) is 1. The lowest BCUT2D eigenvalue weighted by atomic mass is 10.0. The fraction of sp³-hybridized carbons (Fsp3) is 0.308. The lowest BCUT2D eigenvalue weighted by molar-refractivity contribution is -0.119. The second-order valence-electron chi connectivity index (χ2n) is 9.01. The number of anilines is 2. The number of aromatic carboxylic acids is 1. The Kier molecular flexibility index (Phi) is 5.05. The molecule has 6 rings (SSSR count). The minimum absolute atomic E-state index is 0.0938. The molecule has 2 aromatic carbocycles. The van der Waals surface area contributed by atoms with Crippen molar-refractivity contribution < 1.29 is 24.2 Å². The predicted molar refractivity (Wildman–Crippen MR) is 128 cm³/mol. The maximum atomic E-state index is 13.7. The predicted octanol–water partition coefficient (Wildman–Crippen LogP) is 3.23. The Morgan fingerprint density at radius 3 is 2.37 bits per heavy atom. The Labute approximate surface area is 201 Å². The molecule has 178 valence electrons. The monoisotopic (exact) mass is 472 g/mol. The summed E-state index contributed by atoms with van der Waals surface area (Å²) in [5, 5.41) is 14.1. The highest BCUT2D eigenvalue weighted by molar-refractivity contribution is 6.09. The molecule has 35 heavy (non-hydrogen) atoms. The number of piperidine rings is 1. The molecule has 0 atom stereocenters. The number of aromatic nitrogens is 2. The zero-order valence-electron chi connectivity index (χ0n) is 19.1. The van der Waals surface area contributed by atoms with Crippen molar-refractivity contribution in [3.05, 3.63) is 65.0 Å². The first-order chi connectivity index (χ1) is 17.0. The van der Waals surface area contributed by atoms with E-state index in [1.807, 2.05) is 36.4 Å². The van der Waals surface area contributed by atoms with Crippen LogP contribution in [0.2, 0.25) is 0 Å². The van der Waals surface area contributed by atoms with Crippen LogP contribution in [-0.4, -0.2) is 52.4 Å². The van der Waals surface area contributed by atoms with Gasteiger partial charge in [-0.25, -0.2) is 9.48 Å². The number of benzene rings is 2. The summed E-state index contributed by atoms with van der Waals surface area (Å²) in [4.78, 5) is 41.3. The Hall–Kier alpha value is -4.14. The zero-order valence-corrected chi connectivity index (χ0v) is 19.1. The van der Waals surface area contributed by atoms with Gasteiger partial charge in [-0.3, -0.25) is 9.59 Å². The first kappa shape index (κ1) is 21.4. The third kappa shape index (κ3) is 3.54. The van der Waals surface area contributed by atoms with Gasteiger partial charge < -0.3 is 19.6 Å². The molecular formula is C26H24N4O5. The number of nitrogens with zero attached hydrogens (tertiary/aromatic N) is 4. The average molecular weight is 473 g/mol. The molecule has 9 heteroatoms. The van der Waals surface area contributed by atoms with Gasteiger partial charge in [-0.05, 0) is 67.3 Å². The second-order valence-corrected chi connectivity index (χ2v) is 9.01. The molecule has 0 bridgehead atoms. The maximum Gasteiger partial charge on any atom is 0.356 e. The smallest absolute Gasteiger partial charge is 0.356 e. The van der Waals surface area contributed by atoms with Crippen molar-refractivity contribution in [3.63, 3.8) is 0 Å². The quantitative estimate of drug-likeness (QED) is 0.625. The largest absolute Gasteiger partial charge is 0.493 e. The fourth-order valence-corrected chi connectivity index (χ4v) is 5.16. The van der Waals surface area contributed by atoms with E-state index in [-0.39, 0.29) is 23.2 Å². The van der Waals surface area contributed by atoms with Crippen molar-refractivity contribution in [2.24, 2.45) is 0 Å². The van der Waals surface area contributed by atoms with Crippen molar-refractivity contribution in [2.45, 2.75) is 32.1 Å². The van der Waals surface area contributed by atoms with Crippen LogP contribution in [0.1, 0.15) is 51.4 Å². The summed E-state index contributed by atoms with van der Waals surface area (Å²) in [7, 11) is 0. The first-order valence-corrected chi connectivity index (χ1v) is 11.8. The van der Waals surface area contributed by atoms with Crippen LogP contribution in [-0.2, 0) is 17.6 Å². The highest BCUT2D eigenvalue weighted by Crippen LogP contribution is 2.33. The van der Waals surface area contributed by atoms with Crippen molar-refractivity contribution in [3.8, 4) is 11.4 Å².